The van der Waals surface area contributed by atoms with Crippen molar-refractivity contribution in [3.05, 3.63) is 48.0 Å². The fourth-order valence-electron chi connectivity index (χ4n) is 2.09. The summed E-state index contributed by atoms with van der Waals surface area (Å²) in [5.41, 5.74) is 7.52. The van der Waals surface area contributed by atoms with E-state index in [9.17, 15) is 0 Å². The summed E-state index contributed by atoms with van der Waals surface area (Å²) in [5.74, 6) is 1.02. The van der Waals surface area contributed by atoms with Crippen LogP contribution in [-0.2, 0) is 6.42 Å². The van der Waals surface area contributed by atoms with Crippen molar-refractivity contribution in [2.75, 3.05) is 13.1 Å². The van der Waals surface area contributed by atoms with Gasteiger partial charge in [0.15, 0.2) is 0 Å². The topological polar surface area (TPSA) is 36.4 Å². The number of halogens is 1. The van der Waals surface area contributed by atoms with E-state index in [-0.39, 0.29) is 12.4 Å². The second kappa shape index (κ2) is 5.85. The number of aliphatic imine (C=N–C) groups is 1. The van der Waals surface area contributed by atoms with Gasteiger partial charge < -0.3 is 5.43 Å². The molecule has 2 aromatic rings. The summed E-state index contributed by atoms with van der Waals surface area (Å²) in [4.78, 5) is 4.45. The van der Waals surface area contributed by atoms with Crippen LogP contribution in [-0.4, -0.2) is 18.9 Å². The third-order valence-corrected chi connectivity index (χ3v) is 2.96. The van der Waals surface area contributed by atoms with Gasteiger partial charge in [0, 0.05) is 13.0 Å². The van der Waals surface area contributed by atoms with E-state index in [0.717, 1.165) is 25.3 Å². The molecule has 0 fully saturated rings. The molecule has 3 nitrogen and oxygen atoms in total. The molecule has 2 aromatic carbocycles. The molecule has 0 amide bonds. The zero-order valence-electron chi connectivity index (χ0n) is 10.0. The smallest absolute Gasteiger partial charge is 0.115 e. The summed E-state index contributed by atoms with van der Waals surface area (Å²) in [6.45, 7) is 1.76. The molecule has 1 heterocycles. The third kappa shape index (κ3) is 2.81. The lowest BCUT2D eigenvalue weighted by molar-refractivity contribution is 0.619. The molecule has 1 aliphatic rings. The van der Waals surface area contributed by atoms with E-state index in [0.29, 0.717) is 0 Å². The van der Waals surface area contributed by atoms with Crippen molar-refractivity contribution in [1.82, 2.24) is 10.9 Å². The van der Waals surface area contributed by atoms with Crippen molar-refractivity contribution < 1.29 is 0 Å². The molecule has 1 aliphatic heterocycles. The van der Waals surface area contributed by atoms with Gasteiger partial charge in [-0.3, -0.25) is 4.99 Å². The Morgan fingerprint density at radius 2 is 1.89 bits per heavy atom. The molecule has 0 aliphatic carbocycles. The first-order valence-corrected chi connectivity index (χ1v) is 5.92. The summed E-state index contributed by atoms with van der Waals surface area (Å²) in [7, 11) is 0. The van der Waals surface area contributed by atoms with E-state index >= 15 is 0 Å². The Labute approximate surface area is 113 Å². The Morgan fingerprint density at radius 3 is 2.67 bits per heavy atom. The number of nitrogens with one attached hydrogen (secondary N) is 2. The first kappa shape index (κ1) is 12.9. The molecule has 0 saturated carbocycles. The molecule has 0 radical (unpaired) electrons. The van der Waals surface area contributed by atoms with E-state index < -0.39 is 0 Å². The van der Waals surface area contributed by atoms with Crippen molar-refractivity contribution in [2.24, 2.45) is 4.99 Å². The fourth-order valence-corrected chi connectivity index (χ4v) is 2.09. The van der Waals surface area contributed by atoms with Crippen LogP contribution in [0.1, 0.15) is 5.56 Å². The highest BCUT2D eigenvalue weighted by Crippen LogP contribution is 2.16. The third-order valence-electron chi connectivity index (χ3n) is 2.96. The Kier molecular flexibility index (Phi) is 4.18. The zero-order valence-corrected chi connectivity index (χ0v) is 10.8. The maximum atomic E-state index is 4.45. The van der Waals surface area contributed by atoms with Crippen molar-refractivity contribution >= 4 is 29.0 Å². The van der Waals surface area contributed by atoms with Gasteiger partial charge in [0.2, 0.25) is 0 Å². The summed E-state index contributed by atoms with van der Waals surface area (Å²) < 4.78 is 0. The van der Waals surface area contributed by atoms with Crippen LogP contribution in [0, 0.1) is 0 Å². The van der Waals surface area contributed by atoms with Gasteiger partial charge in [0.25, 0.3) is 0 Å². The molecule has 2 N–H and O–H groups in total. The number of amidine groups is 1. The molecular weight excluding hydrogens is 246 g/mol. The number of rotatable bonds is 2. The van der Waals surface area contributed by atoms with E-state index in [1.54, 1.807) is 0 Å². The van der Waals surface area contributed by atoms with Crippen molar-refractivity contribution in [3.63, 3.8) is 0 Å². The highest BCUT2D eigenvalue weighted by atomic mass is 35.5. The second-order valence-corrected chi connectivity index (χ2v) is 4.24. The number of hydrogen-bond acceptors (Lipinski definition) is 3. The lowest BCUT2D eigenvalue weighted by Gasteiger charge is -2.15. The molecule has 0 bridgehead atoms. The van der Waals surface area contributed by atoms with Crippen LogP contribution in [0.4, 0.5) is 0 Å². The predicted molar refractivity (Wildman–Crippen MR) is 78.3 cm³/mol. The lowest BCUT2D eigenvalue weighted by atomic mass is 10.0. The number of nitrogens with zero attached hydrogens (tertiary/aromatic N) is 1. The maximum Gasteiger partial charge on any atom is 0.115 e. The lowest BCUT2D eigenvalue weighted by Crippen LogP contribution is -2.43. The van der Waals surface area contributed by atoms with Crippen molar-refractivity contribution in [3.8, 4) is 0 Å². The molecule has 0 unspecified atom stereocenters. The summed E-state index contributed by atoms with van der Waals surface area (Å²) in [5, 5.41) is 2.57. The SMILES string of the molecule is Cl.c1ccc2cc(CC3=NCCNN3)ccc2c1. The van der Waals surface area contributed by atoms with Crippen molar-refractivity contribution in [2.45, 2.75) is 6.42 Å². The van der Waals surface area contributed by atoms with Crippen molar-refractivity contribution in [1.29, 1.82) is 0 Å². The minimum Gasteiger partial charge on any atom is -0.309 e. The number of hydrazine groups is 1. The highest BCUT2D eigenvalue weighted by molar-refractivity contribution is 5.87. The molecule has 0 aromatic heterocycles. The molecular formula is C14H16ClN3. The fraction of sp³-hybridized carbons (Fsp3) is 0.214. The van der Waals surface area contributed by atoms with Crippen LogP contribution in [0.3, 0.4) is 0 Å². The van der Waals surface area contributed by atoms with Crippen LogP contribution in [0.2, 0.25) is 0 Å². The summed E-state index contributed by atoms with van der Waals surface area (Å²) in [6.07, 6.45) is 0.859. The average Bonchev–Trinajstić information content (AvgIpc) is 2.40. The normalized spacial score (nSPS) is 14.6. The number of fused-ring (bicyclic) bond motifs is 1. The minimum atomic E-state index is 0. The first-order valence-electron chi connectivity index (χ1n) is 5.92. The van der Waals surface area contributed by atoms with Gasteiger partial charge in [-0.15, -0.1) is 12.4 Å². The van der Waals surface area contributed by atoms with Gasteiger partial charge >= 0.3 is 0 Å². The number of benzene rings is 2. The van der Waals surface area contributed by atoms with E-state index in [1.165, 1.54) is 16.3 Å². The molecule has 0 atom stereocenters. The maximum absolute atomic E-state index is 4.45. The highest BCUT2D eigenvalue weighted by Gasteiger charge is 2.05. The zero-order chi connectivity index (χ0) is 11.5. The standard InChI is InChI=1S/C14H15N3.ClH/c1-2-4-13-9-11(5-6-12(13)3-1)10-14-15-7-8-16-17-14;/h1-6,9,16H,7-8,10H2,(H,15,17);1H. The van der Waals surface area contributed by atoms with Crippen LogP contribution in [0.5, 0.6) is 0 Å². The van der Waals surface area contributed by atoms with Crippen LogP contribution < -0.4 is 10.9 Å². The van der Waals surface area contributed by atoms with Gasteiger partial charge in [0.1, 0.15) is 5.84 Å². The second-order valence-electron chi connectivity index (χ2n) is 4.24. The quantitative estimate of drug-likeness (QED) is 0.870. The molecule has 94 valence electrons. The molecule has 0 spiro atoms. The predicted octanol–water partition coefficient (Wildman–Crippen LogP) is 2.31. The summed E-state index contributed by atoms with van der Waals surface area (Å²) >= 11 is 0. The molecule has 3 rings (SSSR count). The molecule has 18 heavy (non-hydrogen) atoms. The van der Waals surface area contributed by atoms with Gasteiger partial charge in [-0.2, -0.15) is 0 Å². The van der Waals surface area contributed by atoms with Crippen LogP contribution >= 0.6 is 12.4 Å². The molecule has 4 heteroatoms. The Morgan fingerprint density at radius 1 is 1.06 bits per heavy atom. The largest absolute Gasteiger partial charge is 0.309 e. The van der Waals surface area contributed by atoms with E-state index in [1.807, 2.05) is 0 Å². The summed E-state index contributed by atoms with van der Waals surface area (Å²) in [6, 6.07) is 15.0. The Balaban J connectivity index is 0.00000120. The average molecular weight is 262 g/mol. The van der Waals surface area contributed by atoms with Crippen LogP contribution in [0.15, 0.2) is 47.5 Å². The Bertz CT molecular complexity index is 566. The monoisotopic (exact) mass is 261 g/mol. The van der Waals surface area contributed by atoms with Crippen LogP contribution in [0.25, 0.3) is 10.8 Å². The number of hydrogen-bond donors (Lipinski definition) is 2. The minimum absolute atomic E-state index is 0. The van der Waals surface area contributed by atoms with Gasteiger partial charge in [0.05, 0.1) is 6.54 Å². The van der Waals surface area contributed by atoms with Gasteiger partial charge in [-0.05, 0) is 16.3 Å². The van der Waals surface area contributed by atoms with Gasteiger partial charge in [-0.1, -0.05) is 42.5 Å². The van der Waals surface area contributed by atoms with E-state index in [4.69, 9.17) is 0 Å². The Hall–Kier alpha value is -1.58. The van der Waals surface area contributed by atoms with E-state index in [2.05, 4.69) is 58.3 Å². The first-order chi connectivity index (χ1) is 8.42. The molecule has 0 saturated heterocycles. The van der Waals surface area contributed by atoms with Gasteiger partial charge in [-0.25, -0.2) is 5.43 Å².